The summed E-state index contributed by atoms with van der Waals surface area (Å²) in [4.78, 5) is 2.34. The van der Waals surface area contributed by atoms with E-state index in [2.05, 4.69) is 18.0 Å². The van der Waals surface area contributed by atoms with Crippen molar-refractivity contribution in [1.29, 1.82) is 0 Å². The highest BCUT2D eigenvalue weighted by Crippen LogP contribution is 2.33. The van der Waals surface area contributed by atoms with Crippen LogP contribution >= 0.6 is 23.2 Å². The van der Waals surface area contributed by atoms with Crippen molar-refractivity contribution in [1.82, 2.24) is 0 Å². The lowest BCUT2D eigenvalue weighted by molar-refractivity contribution is 0.652. The second-order valence-corrected chi connectivity index (χ2v) is 5.09. The highest BCUT2D eigenvalue weighted by Gasteiger charge is 2.21. The van der Waals surface area contributed by atoms with Crippen molar-refractivity contribution >= 4 is 28.9 Å². The number of rotatable bonds is 3. The summed E-state index contributed by atoms with van der Waals surface area (Å²) in [6.07, 6.45) is 5.24. The summed E-state index contributed by atoms with van der Waals surface area (Å²) in [6, 6.07) is 6.67. The van der Waals surface area contributed by atoms with Gasteiger partial charge in [0.2, 0.25) is 0 Å². The van der Waals surface area contributed by atoms with E-state index in [4.69, 9.17) is 23.2 Å². The molecule has 1 aromatic carbocycles. The van der Waals surface area contributed by atoms with Crippen LogP contribution in [0.1, 0.15) is 31.2 Å². The fourth-order valence-electron chi connectivity index (χ4n) is 2.50. The van der Waals surface area contributed by atoms with Gasteiger partial charge in [0, 0.05) is 29.4 Å². The molecule has 16 heavy (non-hydrogen) atoms. The van der Waals surface area contributed by atoms with Crippen molar-refractivity contribution in [3.8, 4) is 0 Å². The minimum Gasteiger partial charge on any atom is -0.371 e. The first-order chi connectivity index (χ1) is 7.74. The Bertz CT molecular complexity index is 359. The molecule has 2 rings (SSSR count). The molecular weight excluding hydrogens is 241 g/mol. The number of benzene rings is 1. The molecule has 1 aromatic rings. The van der Waals surface area contributed by atoms with Crippen LogP contribution in [-0.4, -0.2) is 13.1 Å². The molecule has 1 aliphatic rings. The highest BCUT2D eigenvalue weighted by molar-refractivity contribution is 6.32. The van der Waals surface area contributed by atoms with Crippen LogP contribution < -0.4 is 4.90 Å². The number of halogens is 2. The Morgan fingerprint density at radius 3 is 2.62 bits per heavy atom. The highest BCUT2D eigenvalue weighted by atomic mass is 35.5. The topological polar surface area (TPSA) is 3.24 Å². The molecule has 0 atom stereocenters. The van der Waals surface area contributed by atoms with E-state index in [0.29, 0.717) is 11.9 Å². The van der Waals surface area contributed by atoms with Crippen LogP contribution in [0.15, 0.2) is 18.2 Å². The molecular formula is C13H17Cl2N. The molecule has 0 heterocycles. The van der Waals surface area contributed by atoms with Crippen LogP contribution in [0.4, 0.5) is 5.69 Å². The van der Waals surface area contributed by atoms with Gasteiger partial charge in [-0.25, -0.2) is 0 Å². The zero-order valence-electron chi connectivity index (χ0n) is 9.55. The van der Waals surface area contributed by atoms with E-state index in [9.17, 15) is 0 Å². The molecule has 0 amide bonds. The Morgan fingerprint density at radius 1 is 1.31 bits per heavy atom. The van der Waals surface area contributed by atoms with E-state index in [1.54, 1.807) is 0 Å². The minimum absolute atomic E-state index is 0.478. The van der Waals surface area contributed by atoms with Crippen molar-refractivity contribution in [2.24, 2.45) is 0 Å². The lowest BCUT2D eigenvalue weighted by atomic mass is 10.1. The van der Waals surface area contributed by atoms with Crippen molar-refractivity contribution in [3.63, 3.8) is 0 Å². The van der Waals surface area contributed by atoms with Crippen LogP contribution in [0.2, 0.25) is 5.02 Å². The molecule has 3 heteroatoms. The molecule has 0 bridgehead atoms. The van der Waals surface area contributed by atoms with E-state index < -0.39 is 0 Å². The summed E-state index contributed by atoms with van der Waals surface area (Å²) in [5.41, 5.74) is 2.25. The first-order valence-corrected chi connectivity index (χ1v) is 6.71. The van der Waals surface area contributed by atoms with E-state index in [1.165, 1.54) is 31.4 Å². The Morgan fingerprint density at radius 2 is 2.00 bits per heavy atom. The molecule has 1 fully saturated rings. The molecule has 1 nitrogen and oxygen atoms in total. The molecule has 0 N–H and O–H groups in total. The van der Waals surface area contributed by atoms with E-state index >= 15 is 0 Å². The second-order valence-electron chi connectivity index (χ2n) is 4.42. The zero-order valence-corrected chi connectivity index (χ0v) is 11.1. The quantitative estimate of drug-likeness (QED) is 0.723. The second kappa shape index (κ2) is 5.29. The van der Waals surface area contributed by atoms with E-state index in [-0.39, 0.29) is 0 Å². The van der Waals surface area contributed by atoms with Gasteiger partial charge in [-0.1, -0.05) is 30.5 Å². The van der Waals surface area contributed by atoms with Crippen molar-refractivity contribution in [2.75, 3.05) is 11.9 Å². The maximum atomic E-state index is 6.17. The van der Waals surface area contributed by atoms with Crippen molar-refractivity contribution in [3.05, 3.63) is 28.8 Å². The molecule has 88 valence electrons. The predicted molar refractivity (Wildman–Crippen MR) is 71.7 cm³/mol. The first-order valence-electron chi connectivity index (χ1n) is 5.80. The van der Waals surface area contributed by atoms with Gasteiger partial charge in [-0.15, -0.1) is 11.6 Å². The third-order valence-electron chi connectivity index (χ3n) is 3.48. The largest absolute Gasteiger partial charge is 0.371 e. The zero-order chi connectivity index (χ0) is 11.5. The maximum absolute atomic E-state index is 6.17. The maximum Gasteiger partial charge on any atom is 0.0509 e. The fraction of sp³-hybridized carbons (Fsp3) is 0.538. The molecule has 0 radical (unpaired) electrons. The molecule has 0 aromatic heterocycles. The standard InChI is InChI=1S/C13H17Cl2N/c1-16(10-5-2-3-6-10)13-8-4-7-12(15)11(13)9-14/h4,7-8,10H,2-3,5-6,9H2,1H3. The Labute approximate surface area is 107 Å². The van der Waals surface area contributed by atoms with Gasteiger partial charge in [-0.05, 0) is 25.0 Å². The van der Waals surface area contributed by atoms with Gasteiger partial charge in [0.1, 0.15) is 0 Å². The predicted octanol–water partition coefficient (Wildman–Crippen LogP) is 4.46. The molecule has 0 unspecified atom stereocenters. The van der Waals surface area contributed by atoms with Gasteiger partial charge in [-0.3, -0.25) is 0 Å². The normalized spacial score (nSPS) is 16.7. The van der Waals surface area contributed by atoms with Gasteiger partial charge in [0.15, 0.2) is 0 Å². The van der Waals surface area contributed by atoms with Crippen LogP contribution in [0.3, 0.4) is 0 Å². The average Bonchev–Trinajstić information content (AvgIpc) is 2.81. The number of nitrogens with zero attached hydrogens (tertiary/aromatic N) is 1. The summed E-state index contributed by atoms with van der Waals surface area (Å²) in [6.45, 7) is 0. The summed E-state index contributed by atoms with van der Waals surface area (Å²) in [7, 11) is 2.15. The van der Waals surface area contributed by atoms with Crippen LogP contribution in [0.5, 0.6) is 0 Å². The monoisotopic (exact) mass is 257 g/mol. The van der Waals surface area contributed by atoms with E-state index in [0.717, 1.165) is 10.6 Å². The van der Waals surface area contributed by atoms with Crippen LogP contribution in [0.25, 0.3) is 0 Å². The Kier molecular flexibility index (Phi) is 3.99. The lowest BCUT2D eigenvalue weighted by Gasteiger charge is -2.28. The van der Waals surface area contributed by atoms with E-state index in [1.807, 2.05) is 12.1 Å². The van der Waals surface area contributed by atoms with Gasteiger partial charge in [-0.2, -0.15) is 0 Å². The summed E-state index contributed by atoms with van der Waals surface area (Å²) < 4.78 is 0. The third-order valence-corrected chi connectivity index (χ3v) is 4.10. The first kappa shape index (κ1) is 12.1. The SMILES string of the molecule is CN(c1cccc(Cl)c1CCl)C1CCCC1. The molecule has 0 aliphatic heterocycles. The molecule has 1 aliphatic carbocycles. The van der Waals surface area contributed by atoms with Gasteiger partial charge in [0.25, 0.3) is 0 Å². The van der Waals surface area contributed by atoms with Gasteiger partial charge >= 0.3 is 0 Å². The number of alkyl halides is 1. The van der Waals surface area contributed by atoms with Gasteiger partial charge < -0.3 is 4.90 Å². The number of hydrogen-bond donors (Lipinski definition) is 0. The number of anilines is 1. The van der Waals surface area contributed by atoms with Crippen molar-refractivity contribution in [2.45, 2.75) is 37.6 Å². The molecule has 1 saturated carbocycles. The molecule has 0 spiro atoms. The fourth-order valence-corrected chi connectivity index (χ4v) is 3.08. The van der Waals surface area contributed by atoms with Crippen LogP contribution in [0, 0.1) is 0 Å². The Hall–Kier alpha value is -0.400. The average molecular weight is 258 g/mol. The van der Waals surface area contributed by atoms with Crippen molar-refractivity contribution < 1.29 is 0 Å². The summed E-state index contributed by atoms with van der Waals surface area (Å²) in [5.74, 6) is 0.478. The molecule has 0 saturated heterocycles. The number of hydrogen-bond acceptors (Lipinski definition) is 1. The Balaban J connectivity index is 2.27. The summed E-state index contributed by atoms with van der Waals surface area (Å²) >= 11 is 12.1. The smallest absolute Gasteiger partial charge is 0.0509 e. The van der Waals surface area contributed by atoms with Gasteiger partial charge in [0.05, 0.1) is 5.88 Å². The lowest BCUT2D eigenvalue weighted by Crippen LogP contribution is -2.29. The summed E-state index contributed by atoms with van der Waals surface area (Å²) in [5, 5.41) is 0.775. The van der Waals surface area contributed by atoms with Crippen LogP contribution in [-0.2, 0) is 5.88 Å². The third kappa shape index (κ3) is 2.31. The minimum atomic E-state index is 0.478.